The molecule has 4 aromatic rings. The minimum atomic E-state index is -4.64. The summed E-state index contributed by atoms with van der Waals surface area (Å²) in [4.78, 5) is 43.7. The Kier molecular flexibility index (Phi) is 11.4. The fraction of sp³-hybridized carbons (Fsp3) is 0.351. The number of amides is 3. The van der Waals surface area contributed by atoms with Crippen molar-refractivity contribution in [3.63, 3.8) is 0 Å². The summed E-state index contributed by atoms with van der Waals surface area (Å²) in [5.74, 6) is -2.66. The minimum Gasteiger partial charge on any atom is -0.504 e. The van der Waals surface area contributed by atoms with Gasteiger partial charge in [-0.15, -0.1) is 0 Å². The second kappa shape index (κ2) is 15.6. The summed E-state index contributed by atoms with van der Waals surface area (Å²) < 4.78 is 61.1. The number of phenols is 1. The van der Waals surface area contributed by atoms with Crippen molar-refractivity contribution >= 4 is 51.5 Å². The molecule has 0 fully saturated rings. The number of thiocarbonyl (C=S) groups is 1. The number of methoxy groups -OCH3 is 1. The van der Waals surface area contributed by atoms with Gasteiger partial charge < -0.3 is 36.1 Å². The fourth-order valence-electron chi connectivity index (χ4n) is 6.40. The molecule has 1 aliphatic rings. The summed E-state index contributed by atoms with van der Waals surface area (Å²) in [5.41, 5.74) is -1.11. The number of aryl methyl sites for hydroxylation is 1. The van der Waals surface area contributed by atoms with Crippen LogP contribution in [0.2, 0.25) is 0 Å². The van der Waals surface area contributed by atoms with Gasteiger partial charge in [-0.2, -0.15) is 13.2 Å². The topological polar surface area (TPSA) is 145 Å². The molecular formula is C37H39F4N5O5S. The van der Waals surface area contributed by atoms with Crippen LogP contribution in [0.25, 0.3) is 10.9 Å². The average molecular weight is 742 g/mol. The SMILES string of the molecule is CC[C@H](C)C(NC(=O)[C@@]1(NC(=O)CNC(=O)Cc2ccccc2F)CCc2[nH]c3c(C(F)(F)F)cccc3c2C1)C(=S)Nc1ccc(OC)c(O)c1. The number of benzene rings is 3. The molecule has 1 unspecified atom stereocenters. The predicted molar refractivity (Wildman–Crippen MR) is 192 cm³/mol. The second-order valence-corrected chi connectivity index (χ2v) is 13.3. The number of hydrogen-bond acceptors (Lipinski definition) is 6. The van der Waals surface area contributed by atoms with Gasteiger partial charge in [0.05, 0.1) is 37.2 Å². The Hall–Kier alpha value is -5.18. The number of phenolic OH excluding ortho intramolecular Hbond substituents is 1. The molecule has 5 rings (SSSR count). The molecule has 1 heterocycles. The third-order valence-corrected chi connectivity index (χ3v) is 9.77. The van der Waals surface area contributed by atoms with Gasteiger partial charge in [0.15, 0.2) is 11.5 Å². The van der Waals surface area contributed by atoms with Crippen molar-refractivity contribution in [3.8, 4) is 11.5 Å². The van der Waals surface area contributed by atoms with Crippen LogP contribution in [0.5, 0.6) is 11.5 Å². The van der Waals surface area contributed by atoms with E-state index >= 15 is 0 Å². The molecule has 276 valence electrons. The van der Waals surface area contributed by atoms with E-state index < -0.39 is 53.4 Å². The maximum absolute atomic E-state index is 14.5. The molecule has 3 amide bonds. The highest BCUT2D eigenvalue weighted by Gasteiger charge is 2.46. The molecule has 0 aliphatic heterocycles. The molecule has 0 radical (unpaired) electrons. The van der Waals surface area contributed by atoms with Gasteiger partial charge in [0.1, 0.15) is 16.3 Å². The number of H-pyrrole nitrogens is 1. The van der Waals surface area contributed by atoms with E-state index in [1.165, 1.54) is 43.5 Å². The van der Waals surface area contributed by atoms with Crippen LogP contribution < -0.4 is 26.0 Å². The molecule has 0 saturated heterocycles. The number of aromatic amines is 1. The number of alkyl halides is 3. The zero-order valence-electron chi connectivity index (χ0n) is 28.7. The van der Waals surface area contributed by atoms with Crippen molar-refractivity contribution in [1.82, 2.24) is 20.9 Å². The number of ether oxygens (including phenoxy) is 1. The lowest BCUT2D eigenvalue weighted by Gasteiger charge is -2.39. The first-order valence-corrected chi connectivity index (χ1v) is 17.1. The van der Waals surface area contributed by atoms with Gasteiger partial charge >= 0.3 is 6.18 Å². The Morgan fingerprint density at radius 2 is 1.83 bits per heavy atom. The molecule has 0 saturated carbocycles. The van der Waals surface area contributed by atoms with Gasteiger partial charge in [-0.1, -0.05) is 62.8 Å². The summed E-state index contributed by atoms with van der Waals surface area (Å²) in [6.45, 7) is 3.24. The molecule has 3 atom stereocenters. The number of hydrogen-bond donors (Lipinski definition) is 6. The van der Waals surface area contributed by atoms with Gasteiger partial charge in [0.25, 0.3) is 0 Å². The fourth-order valence-corrected chi connectivity index (χ4v) is 6.81. The molecule has 1 aliphatic carbocycles. The lowest BCUT2D eigenvalue weighted by molar-refractivity contribution is -0.136. The standard InChI is InChI=1S/C37H39F4N5O5S/c1-4-20(2)32(34(52)43-22-12-13-29(51-3)28(47)17-22)45-35(50)36(46-31(49)19-42-30(48)16-21-8-5-6-11-26(21)38)15-14-27-24(18-36)23-9-7-10-25(33(23)44-27)37(39,40)41/h5-13,17,20,32,44,47H,4,14-16,18-19H2,1-3H3,(H,42,48)(H,43,52)(H,45,50)(H,46,49)/t20-,32?,36+/m0/s1. The number of fused-ring (bicyclic) bond motifs is 3. The third kappa shape index (κ3) is 8.30. The maximum atomic E-state index is 14.5. The van der Waals surface area contributed by atoms with Crippen LogP contribution >= 0.6 is 12.2 Å². The Labute approximate surface area is 302 Å². The number of carbonyl (C=O) groups excluding carboxylic acids is 3. The smallest absolute Gasteiger partial charge is 0.418 e. The number of rotatable bonds is 12. The molecule has 0 bridgehead atoms. The van der Waals surface area contributed by atoms with Gasteiger partial charge in [-0.05, 0) is 54.2 Å². The number of para-hydroxylation sites is 1. The van der Waals surface area contributed by atoms with E-state index in [4.69, 9.17) is 17.0 Å². The van der Waals surface area contributed by atoms with Crippen LogP contribution in [0.1, 0.15) is 49.1 Å². The Bertz CT molecular complexity index is 2000. The van der Waals surface area contributed by atoms with Crippen LogP contribution in [0, 0.1) is 11.7 Å². The molecule has 15 heteroatoms. The Morgan fingerprint density at radius 3 is 2.50 bits per heavy atom. The zero-order chi connectivity index (χ0) is 37.8. The largest absolute Gasteiger partial charge is 0.504 e. The number of carbonyl (C=O) groups is 3. The number of aromatic nitrogens is 1. The van der Waals surface area contributed by atoms with E-state index in [1.807, 2.05) is 13.8 Å². The van der Waals surface area contributed by atoms with Crippen molar-refractivity contribution in [3.05, 3.63) is 88.9 Å². The van der Waals surface area contributed by atoms with Gasteiger partial charge in [0.2, 0.25) is 17.7 Å². The predicted octanol–water partition coefficient (Wildman–Crippen LogP) is 5.71. The second-order valence-electron chi connectivity index (χ2n) is 12.9. The van der Waals surface area contributed by atoms with Gasteiger partial charge in [-0.25, -0.2) is 4.39 Å². The van der Waals surface area contributed by atoms with E-state index in [2.05, 4.69) is 26.3 Å². The van der Waals surface area contributed by atoms with Crippen LogP contribution in [0.4, 0.5) is 23.2 Å². The van der Waals surface area contributed by atoms with Crippen molar-refractivity contribution in [2.24, 2.45) is 5.92 Å². The van der Waals surface area contributed by atoms with E-state index in [9.17, 15) is 37.1 Å². The molecular weight excluding hydrogens is 702 g/mol. The molecule has 10 nitrogen and oxygen atoms in total. The highest BCUT2D eigenvalue weighted by Crippen LogP contribution is 2.40. The van der Waals surface area contributed by atoms with E-state index in [1.54, 1.807) is 18.2 Å². The van der Waals surface area contributed by atoms with E-state index in [0.717, 1.165) is 6.07 Å². The summed E-state index contributed by atoms with van der Waals surface area (Å²) >= 11 is 5.73. The van der Waals surface area contributed by atoms with Crippen LogP contribution in [-0.4, -0.2) is 58.0 Å². The van der Waals surface area contributed by atoms with Crippen molar-refractivity contribution in [2.75, 3.05) is 19.0 Å². The summed E-state index contributed by atoms with van der Waals surface area (Å²) in [6.07, 6.45) is -4.40. The minimum absolute atomic E-state index is 0.00862. The number of halogens is 4. The first kappa shape index (κ1) is 38.1. The summed E-state index contributed by atoms with van der Waals surface area (Å²) in [6, 6.07) is 13.3. The zero-order valence-corrected chi connectivity index (χ0v) is 29.5. The summed E-state index contributed by atoms with van der Waals surface area (Å²) in [7, 11) is 1.41. The first-order valence-electron chi connectivity index (χ1n) is 16.6. The van der Waals surface area contributed by atoms with Gasteiger partial charge in [0, 0.05) is 29.3 Å². The molecule has 6 N–H and O–H groups in total. The van der Waals surface area contributed by atoms with Gasteiger partial charge in [-0.3, -0.25) is 14.4 Å². The van der Waals surface area contributed by atoms with Crippen molar-refractivity contribution in [1.29, 1.82) is 0 Å². The van der Waals surface area contributed by atoms with Crippen LogP contribution in [0.15, 0.2) is 60.7 Å². The summed E-state index contributed by atoms with van der Waals surface area (Å²) in [5, 5.41) is 21.8. The normalized spacial score (nSPS) is 16.7. The van der Waals surface area contributed by atoms with Crippen LogP contribution in [0.3, 0.4) is 0 Å². The monoisotopic (exact) mass is 741 g/mol. The Balaban J connectivity index is 1.43. The number of nitrogens with one attached hydrogen (secondary N) is 5. The molecule has 52 heavy (non-hydrogen) atoms. The van der Waals surface area contributed by atoms with E-state index in [0.29, 0.717) is 23.4 Å². The van der Waals surface area contributed by atoms with Crippen molar-refractivity contribution < 1.29 is 41.8 Å². The Morgan fingerprint density at radius 1 is 1.08 bits per heavy atom. The van der Waals surface area contributed by atoms with Crippen molar-refractivity contribution in [2.45, 2.75) is 63.7 Å². The molecule has 3 aromatic carbocycles. The lowest BCUT2D eigenvalue weighted by Crippen LogP contribution is -2.65. The molecule has 0 spiro atoms. The number of aromatic hydroxyl groups is 1. The maximum Gasteiger partial charge on any atom is 0.418 e. The number of anilines is 1. The highest BCUT2D eigenvalue weighted by molar-refractivity contribution is 7.80. The van der Waals surface area contributed by atoms with Crippen LogP contribution in [-0.2, 0) is 39.8 Å². The lowest BCUT2D eigenvalue weighted by atomic mass is 9.78. The average Bonchev–Trinajstić information content (AvgIpc) is 3.47. The highest BCUT2D eigenvalue weighted by atomic mass is 32.1. The first-order chi connectivity index (χ1) is 24.7. The third-order valence-electron chi connectivity index (χ3n) is 9.41. The van der Waals surface area contributed by atoms with E-state index in [-0.39, 0.29) is 64.6 Å². The quantitative estimate of drug-likeness (QED) is 0.0807. The molecule has 1 aromatic heterocycles.